The van der Waals surface area contributed by atoms with Crippen LogP contribution < -0.4 is 10.4 Å². The standard InChI is InChI=1S/C41H38BNO2/c1-27-10-11-32(24-28(27)2)31-14-19-35(20-15-31)43(34-17-12-30(13-18-34)29-8-6-5-7-9-29)36-21-23-38-37-22-16-33(42(44)45)25-39(37)41(3,4)40(38)26-36/h5-28,44-45H,1-4H3/t27-,28-/m0/s1. The fraction of sp³-hybridized carbons (Fsp3) is 0.171. The number of rotatable bonds is 6. The summed E-state index contributed by atoms with van der Waals surface area (Å²) in [6.45, 7) is 8.99. The molecule has 2 aliphatic carbocycles. The highest BCUT2D eigenvalue weighted by Gasteiger charge is 2.37. The minimum Gasteiger partial charge on any atom is -0.423 e. The Morgan fingerprint density at radius 2 is 1.16 bits per heavy atom. The molecule has 45 heavy (non-hydrogen) atoms. The van der Waals surface area contributed by atoms with Crippen LogP contribution in [-0.4, -0.2) is 17.2 Å². The quantitative estimate of drug-likeness (QED) is 0.195. The van der Waals surface area contributed by atoms with Crippen molar-refractivity contribution in [1.29, 1.82) is 0 Å². The smallest absolute Gasteiger partial charge is 0.423 e. The first-order valence-corrected chi connectivity index (χ1v) is 15.8. The maximum absolute atomic E-state index is 9.87. The lowest BCUT2D eigenvalue weighted by Crippen LogP contribution is -2.31. The molecular weight excluding hydrogens is 549 g/mol. The second-order valence-corrected chi connectivity index (χ2v) is 13.0. The topological polar surface area (TPSA) is 43.7 Å². The Balaban J connectivity index is 1.31. The monoisotopic (exact) mass is 587 g/mol. The second-order valence-electron chi connectivity index (χ2n) is 13.0. The first-order chi connectivity index (χ1) is 21.7. The van der Waals surface area contributed by atoms with Gasteiger partial charge in [-0.25, -0.2) is 0 Å². The lowest BCUT2D eigenvalue weighted by molar-refractivity contribution is 0.425. The van der Waals surface area contributed by atoms with Crippen molar-refractivity contribution in [2.24, 2.45) is 11.8 Å². The highest BCUT2D eigenvalue weighted by molar-refractivity contribution is 6.58. The van der Waals surface area contributed by atoms with Crippen LogP contribution in [0.2, 0.25) is 0 Å². The molecule has 0 spiro atoms. The summed E-state index contributed by atoms with van der Waals surface area (Å²) in [5.41, 5.74) is 13.0. The zero-order chi connectivity index (χ0) is 31.3. The minimum absolute atomic E-state index is 0.300. The van der Waals surface area contributed by atoms with Crippen molar-refractivity contribution in [3.63, 3.8) is 0 Å². The van der Waals surface area contributed by atoms with E-state index in [0.717, 1.165) is 28.2 Å². The lowest BCUT2D eigenvalue weighted by atomic mass is 9.75. The van der Waals surface area contributed by atoms with Gasteiger partial charge in [0.15, 0.2) is 0 Å². The molecule has 0 unspecified atom stereocenters. The van der Waals surface area contributed by atoms with Crippen molar-refractivity contribution in [2.45, 2.75) is 33.1 Å². The molecular formula is C41H38BNO2. The van der Waals surface area contributed by atoms with Gasteiger partial charge in [-0.3, -0.25) is 0 Å². The van der Waals surface area contributed by atoms with E-state index in [1.165, 1.54) is 33.4 Å². The predicted molar refractivity (Wildman–Crippen MR) is 189 cm³/mol. The third kappa shape index (κ3) is 5.24. The summed E-state index contributed by atoms with van der Waals surface area (Å²) < 4.78 is 0. The Labute approximate surface area is 267 Å². The molecule has 0 fully saturated rings. The summed E-state index contributed by atoms with van der Waals surface area (Å²) in [6.07, 6.45) is 6.94. The molecule has 5 aromatic rings. The molecule has 0 aliphatic heterocycles. The SMILES string of the molecule is C[C@H]1C=CC(c2ccc(N(c3ccc(-c4ccccc4)cc3)c3ccc4c(c3)C(C)(C)c3cc(B(O)O)ccc3-4)cc2)=C[C@@H]1C. The molecule has 0 bridgehead atoms. The zero-order valence-electron chi connectivity index (χ0n) is 26.3. The number of hydrogen-bond acceptors (Lipinski definition) is 3. The van der Waals surface area contributed by atoms with Crippen LogP contribution in [0.1, 0.15) is 44.4 Å². The van der Waals surface area contributed by atoms with Crippen molar-refractivity contribution in [1.82, 2.24) is 0 Å². The van der Waals surface area contributed by atoms with Crippen molar-refractivity contribution in [3.05, 3.63) is 150 Å². The van der Waals surface area contributed by atoms with Gasteiger partial charge < -0.3 is 14.9 Å². The van der Waals surface area contributed by atoms with Crippen molar-refractivity contribution >= 4 is 35.2 Å². The Kier molecular flexibility index (Phi) is 7.36. The van der Waals surface area contributed by atoms with Crippen LogP contribution in [0.15, 0.2) is 133 Å². The summed E-state index contributed by atoms with van der Waals surface area (Å²) in [6, 6.07) is 40.7. The van der Waals surface area contributed by atoms with Crippen LogP contribution in [0.3, 0.4) is 0 Å². The largest absolute Gasteiger partial charge is 0.488 e. The maximum Gasteiger partial charge on any atom is 0.488 e. The first-order valence-electron chi connectivity index (χ1n) is 15.8. The van der Waals surface area contributed by atoms with Gasteiger partial charge in [-0.15, -0.1) is 0 Å². The van der Waals surface area contributed by atoms with Gasteiger partial charge in [-0.1, -0.05) is 125 Å². The third-order valence-corrected chi connectivity index (χ3v) is 9.78. The van der Waals surface area contributed by atoms with Crippen LogP contribution in [0.5, 0.6) is 0 Å². The van der Waals surface area contributed by atoms with E-state index in [9.17, 15) is 10.0 Å². The molecule has 2 N–H and O–H groups in total. The maximum atomic E-state index is 9.87. The molecule has 0 aromatic heterocycles. The first kappa shape index (κ1) is 29.1. The molecule has 4 heteroatoms. The van der Waals surface area contributed by atoms with Crippen molar-refractivity contribution in [2.75, 3.05) is 4.90 Å². The van der Waals surface area contributed by atoms with Crippen LogP contribution in [0.4, 0.5) is 17.1 Å². The number of hydrogen-bond donors (Lipinski definition) is 2. The molecule has 0 amide bonds. The predicted octanol–water partition coefficient (Wildman–Crippen LogP) is 9.03. The average Bonchev–Trinajstić information content (AvgIpc) is 3.29. The van der Waals surface area contributed by atoms with Crippen molar-refractivity contribution in [3.8, 4) is 22.3 Å². The summed E-state index contributed by atoms with van der Waals surface area (Å²) in [5.74, 6) is 1.07. The second kappa shape index (κ2) is 11.4. The highest BCUT2D eigenvalue weighted by Crippen LogP contribution is 2.50. The van der Waals surface area contributed by atoms with Crippen LogP contribution in [-0.2, 0) is 5.41 Å². The Morgan fingerprint density at radius 3 is 1.78 bits per heavy atom. The number of benzene rings is 5. The zero-order valence-corrected chi connectivity index (χ0v) is 26.3. The summed E-state index contributed by atoms with van der Waals surface area (Å²) in [7, 11) is -1.49. The van der Waals surface area contributed by atoms with E-state index < -0.39 is 7.12 Å². The van der Waals surface area contributed by atoms with Gasteiger partial charge in [-0.05, 0) is 98.2 Å². The number of fused-ring (bicyclic) bond motifs is 3. The van der Waals surface area contributed by atoms with Gasteiger partial charge >= 0.3 is 7.12 Å². The van der Waals surface area contributed by atoms with E-state index in [4.69, 9.17) is 0 Å². The van der Waals surface area contributed by atoms with Crippen LogP contribution in [0.25, 0.3) is 27.8 Å². The number of allylic oxidation sites excluding steroid dienone is 4. The fourth-order valence-corrected chi connectivity index (χ4v) is 6.84. The third-order valence-electron chi connectivity index (χ3n) is 9.78. The van der Waals surface area contributed by atoms with E-state index in [-0.39, 0.29) is 5.41 Å². The van der Waals surface area contributed by atoms with Crippen LogP contribution in [0, 0.1) is 11.8 Å². The van der Waals surface area contributed by atoms with E-state index in [0.29, 0.717) is 17.3 Å². The number of nitrogens with zero attached hydrogens (tertiary/aromatic N) is 1. The van der Waals surface area contributed by atoms with Crippen molar-refractivity contribution < 1.29 is 10.0 Å². The fourth-order valence-electron chi connectivity index (χ4n) is 6.84. The Morgan fingerprint density at radius 1 is 0.600 bits per heavy atom. The molecule has 0 radical (unpaired) electrons. The average molecular weight is 588 g/mol. The molecule has 222 valence electrons. The summed E-state index contributed by atoms with van der Waals surface area (Å²) in [5, 5.41) is 19.7. The molecule has 0 saturated carbocycles. The molecule has 0 heterocycles. The minimum atomic E-state index is -1.49. The molecule has 0 saturated heterocycles. The van der Waals surface area contributed by atoms with E-state index in [2.05, 4.69) is 142 Å². The van der Waals surface area contributed by atoms with E-state index in [1.807, 2.05) is 24.3 Å². The molecule has 2 aliphatic rings. The van der Waals surface area contributed by atoms with Gasteiger partial charge in [-0.2, -0.15) is 0 Å². The van der Waals surface area contributed by atoms with Gasteiger partial charge in [0, 0.05) is 22.5 Å². The van der Waals surface area contributed by atoms with E-state index >= 15 is 0 Å². The van der Waals surface area contributed by atoms with Gasteiger partial charge in [0.05, 0.1) is 0 Å². The van der Waals surface area contributed by atoms with Gasteiger partial charge in [0.2, 0.25) is 0 Å². The van der Waals surface area contributed by atoms with E-state index in [1.54, 1.807) is 0 Å². The Hall–Kier alpha value is -4.64. The lowest BCUT2D eigenvalue weighted by Gasteiger charge is -2.28. The molecule has 2 atom stereocenters. The molecule has 3 nitrogen and oxygen atoms in total. The van der Waals surface area contributed by atoms with Gasteiger partial charge in [0.1, 0.15) is 0 Å². The normalized spacial score (nSPS) is 17.8. The molecule has 7 rings (SSSR count). The molecule has 5 aromatic carbocycles. The summed E-state index contributed by atoms with van der Waals surface area (Å²) >= 11 is 0. The highest BCUT2D eigenvalue weighted by atomic mass is 16.4. The number of anilines is 3. The van der Waals surface area contributed by atoms with Crippen LogP contribution >= 0.6 is 0 Å². The summed E-state index contributed by atoms with van der Waals surface area (Å²) in [4.78, 5) is 2.33. The Bertz CT molecular complexity index is 1920. The van der Waals surface area contributed by atoms with Gasteiger partial charge in [0.25, 0.3) is 0 Å².